The van der Waals surface area contributed by atoms with Gasteiger partial charge in [-0.15, -0.1) is 0 Å². The molecule has 0 bridgehead atoms. The summed E-state index contributed by atoms with van der Waals surface area (Å²) in [6.07, 6.45) is -4.03. The molecule has 1 rings (SSSR count). The molecule has 1 heterocycles. The van der Waals surface area contributed by atoms with E-state index in [2.05, 4.69) is 4.98 Å². The number of hydrogen-bond donors (Lipinski definition) is 0. The third kappa shape index (κ3) is 1.85. The minimum atomic E-state index is -4.77. The third-order valence-corrected chi connectivity index (χ3v) is 1.28. The predicted octanol–water partition coefficient (Wildman–Crippen LogP) is 2.89. The maximum absolute atomic E-state index is 12.5. The molecular weight excluding hydrogens is 198 g/mol. The number of pyridine rings is 1. The lowest BCUT2D eigenvalue weighted by Crippen LogP contribution is -2.10. The number of nitrogens with zero attached hydrogens (tertiary/aromatic N) is 1. The highest BCUT2D eigenvalue weighted by atomic mass is 35.5. The number of rotatable bonds is 0. The Morgan fingerprint density at radius 3 is 2.33 bits per heavy atom. The van der Waals surface area contributed by atoms with Crippen molar-refractivity contribution in [2.75, 3.05) is 0 Å². The molecule has 0 amide bonds. The van der Waals surface area contributed by atoms with Crippen LogP contribution in [0.5, 0.6) is 0 Å². The van der Waals surface area contributed by atoms with Gasteiger partial charge >= 0.3 is 6.18 Å². The quantitative estimate of drug-likeness (QED) is 0.586. The summed E-state index contributed by atoms with van der Waals surface area (Å²) >= 11 is 5.20. The van der Waals surface area contributed by atoms with E-state index in [0.29, 0.717) is 6.07 Å². The van der Waals surface area contributed by atoms with E-state index < -0.39 is 17.7 Å². The number of halogens is 5. The molecule has 0 aliphatic carbocycles. The van der Waals surface area contributed by atoms with Crippen molar-refractivity contribution in [2.24, 2.45) is 0 Å². The van der Waals surface area contributed by atoms with Crippen LogP contribution in [0.4, 0.5) is 17.6 Å². The van der Waals surface area contributed by atoms with Crippen molar-refractivity contribution >= 4 is 11.6 Å². The molecule has 0 aliphatic rings. The number of hydrogen-bond acceptors (Lipinski definition) is 1. The molecule has 6 heteroatoms. The van der Waals surface area contributed by atoms with Gasteiger partial charge in [0.2, 0.25) is 0 Å². The standard InChI is InChI=1S/C6H2ClF4N/c7-3-1-4(8)5(12-2-3)6(9,10)11/h1-2H. The Balaban J connectivity index is 3.19. The van der Waals surface area contributed by atoms with Crippen LogP contribution in [0.1, 0.15) is 5.69 Å². The fraction of sp³-hybridized carbons (Fsp3) is 0.167. The van der Waals surface area contributed by atoms with Gasteiger partial charge < -0.3 is 0 Å². The van der Waals surface area contributed by atoms with E-state index in [1.54, 1.807) is 0 Å². The van der Waals surface area contributed by atoms with E-state index in [1.165, 1.54) is 0 Å². The van der Waals surface area contributed by atoms with Crippen LogP contribution in [0.15, 0.2) is 12.3 Å². The maximum Gasteiger partial charge on any atom is 0.436 e. The lowest BCUT2D eigenvalue weighted by molar-refractivity contribution is -0.143. The molecule has 0 unspecified atom stereocenters. The minimum absolute atomic E-state index is 0.166. The van der Waals surface area contributed by atoms with Crippen molar-refractivity contribution in [1.29, 1.82) is 0 Å². The molecule has 0 radical (unpaired) electrons. The van der Waals surface area contributed by atoms with Crippen molar-refractivity contribution in [3.05, 3.63) is 28.8 Å². The van der Waals surface area contributed by atoms with Gasteiger partial charge in [-0.3, -0.25) is 0 Å². The van der Waals surface area contributed by atoms with Crippen molar-refractivity contribution < 1.29 is 17.6 Å². The molecule has 0 saturated carbocycles. The van der Waals surface area contributed by atoms with Crippen molar-refractivity contribution in [2.45, 2.75) is 6.18 Å². The summed E-state index contributed by atoms with van der Waals surface area (Å²) in [4.78, 5) is 2.82. The lowest BCUT2D eigenvalue weighted by atomic mass is 10.3. The molecule has 0 fully saturated rings. The first kappa shape index (κ1) is 9.25. The third-order valence-electron chi connectivity index (χ3n) is 1.08. The second kappa shape index (κ2) is 2.90. The van der Waals surface area contributed by atoms with Crippen LogP contribution in [0.25, 0.3) is 0 Å². The molecule has 1 aromatic heterocycles. The highest BCUT2D eigenvalue weighted by Crippen LogP contribution is 2.30. The normalized spacial score (nSPS) is 11.8. The summed E-state index contributed by atoms with van der Waals surface area (Å²) in [5, 5.41) is -0.166. The Labute approximate surface area is 70.0 Å². The zero-order valence-electron chi connectivity index (χ0n) is 5.49. The predicted molar refractivity (Wildman–Crippen MR) is 34.2 cm³/mol. The maximum atomic E-state index is 12.5. The Morgan fingerprint density at radius 1 is 1.33 bits per heavy atom. The fourth-order valence-corrected chi connectivity index (χ4v) is 0.768. The van der Waals surface area contributed by atoms with Crippen molar-refractivity contribution in [3.8, 4) is 0 Å². The summed E-state index contributed by atoms with van der Waals surface area (Å²) in [6, 6.07) is 0.567. The molecule has 0 saturated heterocycles. The van der Waals surface area contributed by atoms with E-state index in [4.69, 9.17) is 11.6 Å². The first-order chi connectivity index (χ1) is 5.41. The first-order valence-corrected chi connectivity index (χ1v) is 3.17. The molecule has 0 spiro atoms. The van der Waals surface area contributed by atoms with E-state index in [-0.39, 0.29) is 5.02 Å². The van der Waals surface area contributed by atoms with Gasteiger partial charge in [0, 0.05) is 6.20 Å². The summed E-state index contributed by atoms with van der Waals surface area (Å²) in [5.74, 6) is -1.46. The summed E-state index contributed by atoms with van der Waals surface area (Å²) in [7, 11) is 0. The zero-order valence-corrected chi connectivity index (χ0v) is 6.25. The van der Waals surface area contributed by atoms with Crippen LogP contribution >= 0.6 is 11.6 Å². The van der Waals surface area contributed by atoms with Gasteiger partial charge in [0.25, 0.3) is 0 Å². The molecule has 0 aliphatic heterocycles. The average Bonchev–Trinajstić information content (AvgIpc) is 1.83. The van der Waals surface area contributed by atoms with Crippen LogP contribution in [-0.4, -0.2) is 4.98 Å². The second-order valence-electron chi connectivity index (χ2n) is 1.98. The van der Waals surface area contributed by atoms with Crippen molar-refractivity contribution in [3.63, 3.8) is 0 Å². The summed E-state index contributed by atoms with van der Waals surface area (Å²) in [5.41, 5.74) is -1.55. The minimum Gasteiger partial charge on any atom is -0.247 e. The molecular formula is C6H2ClF4N. The Kier molecular flexibility index (Phi) is 2.23. The van der Waals surface area contributed by atoms with Crippen LogP contribution in [0.2, 0.25) is 5.02 Å². The second-order valence-corrected chi connectivity index (χ2v) is 2.42. The SMILES string of the molecule is Fc1cc(Cl)cnc1C(F)(F)F. The van der Waals surface area contributed by atoms with E-state index in [0.717, 1.165) is 6.20 Å². The topological polar surface area (TPSA) is 12.9 Å². The molecule has 0 atom stereocenters. The van der Waals surface area contributed by atoms with Crippen LogP contribution in [0, 0.1) is 5.82 Å². The Bertz CT molecular complexity index is 296. The molecule has 0 N–H and O–H groups in total. The average molecular weight is 200 g/mol. The van der Waals surface area contributed by atoms with E-state index in [9.17, 15) is 17.6 Å². The van der Waals surface area contributed by atoms with Gasteiger partial charge in [-0.2, -0.15) is 13.2 Å². The summed E-state index contributed by atoms with van der Waals surface area (Å²) < 4.78 is 48.0. The Hall–Kier alpha value is -0.840. The fourth-order valence-electron chi connectivity index (χ4n) is 0.623. The summed E-state index contributed by atoms with van der Waals surface area (Å²) in [6.45, 7) is 0. The van der Waals surface area contributed by atoms with Crippen LogP contribution < -0.4 is 0 Å². The highest BCUT2D eigenvalue weighted by molar-refractivity contribution is 6.30. The first-order valence-electron chi connectivity index (χ1n) is 2.79. The van der Waals surface area contributed by atoms with Gasteiger partial charge in [0.1, 0.15) is 0 Å². The molecule has 12 heavy (non-hydrogen) atoms. The molecule has 66 valence electrons. The van der Waals surface area contributed by atoms with Gasteiger partial charge in [0.05, 0.1) is 5.02 Å². The monoisotopic (exact) mass is 199 g/mol. The smallest absolute Gasteiger partial charge is 0.247 e. The van der Waals surface area contributed by atoms with E-state index >= 15 is 0 Å². The molecule has 1 nitrogen and oxygen atoms in total. The van der Waals surface area contributed by atoms with Gasteiger partial charge in [-0.1, -0.05) is 11.6 Å². The molecule has 1 aromatic rings. The highest BCUT2D eigenvalue weighted by Gasteiger charge is 2.35. The van der Waals surface area contributed by atoms with Gasteiger partial charge in [0.15, 0.2) is 11.5 Å². The number of aromatic nitrogens is 1. The van der Waals surface area contributed by atoms with Gasteiger partial charge in [-0.25, -0.2) is 9.37 Å². The lowest BCUT2D eigenvalue weighted by Gasteiger charge is -2.05. The van der Waals surface area contributed by atoms with Crippen molar-refractivity contribution in [1.82, 2.24) is 4.98 Å². The zero-order chi connectivity index (χ0) is 9.35. The Morgan fingerprint density at radius 2 is 1.92 bits per heavy atom. The molecule has 0 aromatic carbocycles. The van der Waals surface area contributed by atoms with Crippen LogP contribution in [-0.2, 0) is 6.18 Å². The van der Waals surface area contributed by atoms with Gasteiger partial charge in [-0.05, 0) is 6.07 Å². The van der Waals surface area contributed by atoms with E-state index in [1.807, 2.05) is 0 Å². The largest absolute Gasteiger partial charge is 0.436 e. The number of alkyl halides is 3. The van der Waals surface area contributed by atoms with Crippen LogP contribution in [0.3, 0.4) is 0 Å².